The minimum atomic E-state index is -4.53. The number of nitrogens with one attached hydrogen (secondary N) is 1. The van der Waals surface area contributed by atoms with Gasteiger partial charge in [0, 0.05) is 38.7 Å². The molecule has 0 bridgehead atoms. The summed E-state index contributed by atoms with van der Waals surface area (Å²) in [6, 6.07) is 0.368. The third-order valence-corrected chi connectivity index (χ3v) is 3.25. The minimum Gasteiger partial charge on any atom is -0.460 e. The molecular weight excluding hydrogens is 301 g/mol. The molecule has 6 nitrogen and oxygen atoms in total. The third kappa shape index (κ3) is 4.22. The van der Waals surface area contributed by atoms with Crippen molar-refractivity contribution < 1.29 is 22.7 Å². The van der Waals surface area contributed by atoms with Crippen molar-refractivity contribution in [3.8, 4) is 6.01 Å². The molecule has 1 aromatic rings. The average Bonchev–Trinajstić information content (AvgIpc) is 2.48. The Hall–Kier alpha value is -2.06. The number of hydrogen-bond donors (Lipinski definition) is 1. The maximum atomic E-state index is 12.6. The van der Waals surface area contributed by atoms with Crippen LogP contribution in [0.25, 0.3) is 0 Å². The van der Waals surface area contributed by atoms with Crippen molar-refractivity contribution in [3.63, 3.8) is 0 Å². The summed E-state index contributed by atoms with van der Waals surface area (Å²) in [5.41, 5.74) is -1.03. The molecule has 1 fully saturated rings. The number of nitrogens with zero attached hydrogens (tertiary/aromatic N) is 3. The van der Waals surface area contributed by atoms with E-state index in [2.05, 4.69) is 15.3 Å². The zero-order chi connectivity index (χ0) is 16.2. The van der Waals surface area contributed by atoms with Gasteiger partial charge in [0.15, 0.2) is 5.69 Å². The molecule has 122 valence electrons. The lowest BCUT2D eigenvalue weighted by Crippen LogP contribution is -2.46. The van der Waals surface area contributed by atoms with Crippen LogP contribution in [0.15, 0.2) is 12.3 Å². The molecular formula is C13H17F3N4O2. The lowest BCUT2D eigenvalue weighted by atomic mass is 10.1. The Balaban J connectivity index is 1.90. The number of likely N-dealkylation sites (tertiary alicyclic amines) is 1. The molecule has 2 amide bonds. The van der Waals surface area contributed by atoms with Crippen molar-refractivity contribution in [2.75, 3.05) is 19.6 Å². The molecule has 0 unspecified atom stereocenters. The smallest absolute Gasteiger partial charge is 0.433 e. The summed E-state index contributed by atoms with van der Waals surface area (Å²) in [6.45, 7) is 3.34. The van der Waals surface area contributed by atoms with Crippen molar-refractivity contribution in [1.82, 2.24) is 20.2 Å². The first-order chi connectivity index (χ1) is 10.4. The van der Waals surface area contributed by atoms with Gasteiger partial charge in [-0.15, -0.1) is 0 Å². The number of urea groups is 1. The van der Waals surface area contributed by atoms with Gasteiger partial charge in [0.25, 0.3) is 0 Å². The monoisotopic (exact) mass is 318 g/mol. The molecule has 1 aliphatic rings. The zero-order valence-electron chi connectivity index (χ0n) is 12.1. The summed E-state index contributed by atoms with van der Waals surface area (Å²) in [5, 5.41) is 2.70. The molecule has 2 rings (SSSR count). The number of carbonyl (C=O) groups is 1. The number of rotatable bonds is 3. The van der Waals surface area contributed by atoms with Crippen LogP contribution in [0, 0.1) is 0 Å². The molecule has 1 saturated heterocycles. The van der Waals surface area contributed by atoms with Gasteiger partial charge in [0.05, 0.1) is 0 Å². The number of ether oxygens (including phenoxy) is 1. The normalized spacial score (nSPS) is 16.5. The third-order valence-electron chi connectivity index (χ3n) is 3.25. The molecule has 1 aromatic heterocycles. The molecule has 0 radical (unpaired) electrons. The van der Waals surface area contributed by atoms with E-state index < -0.39 is 11.9 Å². The maximum absolute atomic E-state index is 12.6. The van der Waals surface area contributed by atoms with Crippen LogP contribution in [0.5, 0.6) is 6.01 Å². The fraction of sp³-hybridized carbons (Fsp3) is 0.615. The first-order valence-corrected chi connectivity index (χ1v) is 7.00. The van der Waals surface area contributed by atoms with E-state index in [9.17, 15) is 18.0 Å². The van der Waals surface area contributed by atoms with Crippen LogP contribution in [0.2, 0.25) is 0 Å². The highest BCUT2D eigenvalue weighted by molar-refractivity contribution is 5.74. The largest absolute Gasteiger partial charge is 0.460 e. The van der Waals surface area contributed by atoms with Crippen LogP contribution in [-0.2, 0) is 6.18 Å². The number of piperidine rings is 1. The molecule has 1 aliphatic heterocycles. The second-order valence-corrected chi connectivity index (χ2v) is 4.86. The van der Waals surface area contributed by atoms with E-state index in [1.54, 1.807) is 4.90 Å². The van der Waals surface area contributed by atoms with Gasteiger partial charge in [-0.1, -0.05) is 0 Å². The van der Waals surface area contributed by atoms with E-state index in [-0.39, 0.29) is 18.1 Å². The number of halogens is 3. The summed E-state index contributed by atoms with van der Waals surface area (Å²) in [7, 11) is 0. The predicted octanol–water partition coefficient (Wildman–Crippen LogP) is 2.07. The summed E-state index contributed by atoms with van der Waals surface area (Å²) >= 11 is 0. The van der Waals surface area contributed by atoms with Gasteiger partial charge in [-0.3, -0.25) is 0 Å². The maximum Gasteiger partial charge on any atom is 0.433 e. The topological polar surface area (TPSA) is 67.4 Å². The highest BCUT2D eigenvalue weighted by atomic mass is 19.4. The lowest BCUT2D eigenvalue weighted by Gasteiger charge is -2.31. The summed E-state index contributed by atoms with van der Waals surface area (Å²) < 4.78 is 43.1. The molecule has 1 N–H and O–H groups in total. The Morgan fingerprint density at radius 2 is 2.14 bits per heavy atom. The molecule has 0 aliphatic carbocycles. The summed E-state index contributed by atoms with van der Waals surface area (Å²) in [5.74, 6) is 0. The van der Waals surface area contributed by atoms with Crippen molar-refractivity contribution in [2.24, 2.45) is 0 Å². The van der Waals surface area contributed by atoms with Crippen LogP contribution in [0.3, 0.4) is 0 Å². The van der Waals surface area contributed by atoms with Gasteiger partial charge in [0.1, 0.15) is 6.10 Å². The van der Waals surface area contributed by atoms with E-state index in [0.717, 1.165) is 12.3 Å². The molecule has 0 saturated carbocycles. The number of hydrogen-bond acceptors (Lipinski definition) is 4. The second-order valence-electron chi connectivity index (χ2n) is 4.86. The second kappa shape index (κ2) is 6.80. The molecule has 2 heterocycles. The first kappa shape index (κ1) is 16.3. The summed E-state index contributed by atoms with van der Waals surface area (Å²) in [4.78, 5) is 20.4. The SMILES string of the molecule is CCNC(=O)N1CCC(Oc2nccc(C(F)(F)F)n2)CC1. The van der Waals surface area contributed by atoms with E-state index >= 15 is 0 Å². The number of amides is 2. The highest BCUT2D eigenvalue weighted by Crippen LogP contribution is 2.28. The quantitative estimate of drug-likeness (QED) is 0.926. The van der Waals surface area contributed by atoms with Crippen LogP contribution in [-0.4, -0.2) is 46.6 Å². The van der Waals surface area contributed by atoms with Gasteiger partial charge in [0.2, 0.25) is 0 Å². The number of aromatic nitrogens is 2. The fourth-order valence-electron chi connectivity index (χ4n) is 2.14. The van der Waals surface area contributed by atoms with Gasteiger partial charge in [-0.2, -0.15) is 18.2 Å². The fourth-order valence-corrected chi connectivity index (χ4v) is 2.14. The Labute approximate surface area is 125 Å². The Kier molecular flexibility index (Phi) is 5.04. The van der Waals surface area contributed by atoms with E-state index in [1.807, 2.05) is 6.92 Å². The molecule has 0 atom stereocenters. The predicted molar refractivity (Wildman–Crippen MR) is 71.3 cm³/mol. The van der Waals surface area contributed by atoms with E-state index in [0.29, 0.717) is 32.5 Å². The van der Waals surface area contributed by atoms with Crippen molar-refractivity contribution >= 4 is 6.03 Å². The Bertz CT molecular complexity index is 516. The molecule has 0 spiro atoms. The van der Waals surface area contributed by atoms with Crippen molar-refractivity contribution in [1.29, 1.82) is 0 Å². The van der Waals surface area contributed by atoms with Crippen LogP contribution in [0.4, 0.5) is 18.0 Å². The van der Waals surface area contributed by atoms with Crippen molar-refractivity contribution in [3.05, 3.63) is 18.0 Å². The standard InChI is InChI=1S/C13H17F3N4O2/c1-2-17-12(21)20-7-4-9(5-8-20)22-11-18-6-3-10(19-11)13(14,15)16/h3,6,9H,2,4-5,7-8H2,1H3,(H,17,21). The van der Waals surface area contributed by atoms with Crippen LogP contribution in [0.1, 0.15) is 25.5 Å². The average molecular weight is 318 g/mol. The van der Waals surface area contributed by atoms with Crippen molar-refractivity contribution in [2.45, 2.75) is 32.0 Å². The highest BCUT2D eigenvalue weighted by Gasteiger charge is 2.33. The van der Waals surface area contributed by atoms with E-state index in [4.69, 9.17) is 4.74 Å². The minimum absolute atomic E-state index is 0.142. The first-order valence-electron chi connectivity index (χ1n) is 7.00. The number of alkyl halides is 3. The Morgan fingerprint density at radius 1 is 1.45 bits per heavy atom. The van der Waals surface area contributed by atoms with Gasteiger partial charge in [-0.25, -0.2) is 9.78 Å². The van der Waals surface area contributed by atoms with E-state index in [1.165, 1.54) is 0 Å². The van der Waals surface area contributed by atoms with Gasteiger partial charge >= 0.3 is 18.2 Å². The number of carbonyl (C=O) groups excluding carboxylic acids is 1. The van der Waals surface area contributed by atoms with Crippen LogP contribution >= 0.6 is 0 Å². The Morgan fingerprint density at radius 3 is 2.73 bits per heavy atom. The molecule has 0 aromatic carbocycles. The summed E-state index contributed by atoms with van der Waals surface area (Å²) in [6.07, 6.45) is -2.75. The van der Waals surface area contributed by atoms with Gasteiger partial charge < -0.3 is 15.0 Å². The lowest BCUT2D eigenvalue weighted by molar-refractivity contribution is -0.141. The van der Waals surface area contributed by atoms with Gasteiger partial charge in [-0.05, 0) is 13.0 Å². The van der Waals surface area contributed by atoms with Crippen LogP contribution < -0.4 is 10.1 Å². The molecule has 9 heteroatoms. The molecule has 22 heavy (non-hydrogen) atoms. The zero-order valence-corrected chi connectivity index (χ0v) is 12.1.